The first kappa shape index (κ1) is 84.3. The van der Waals surface area contributed by atoms with Crippen LogP contribution in [0.4, 0.5) is 13.2 Å². The molecule has 6 nitrogen and oxygen atoms in total. The second-order valence-corrected chi connectivity index (χ2v) is 38.1. The summed E-state index contributed by atoms with van der Waals surface area (Å²) >= 11 is 0. The van der Waals surface area contributed by atoms with Crippen LogP contribution in [0.25, 0.3) is 263 Å². The summed E-state index contributed by atoms with van der Waals surface area (Å²) in [5, 5.41) is 26.5. The van der Waals surface area contributed by atoms with E-state index in [1.54, 1.807) is 6.07 Å². The van der Waals surface area contributed by atoms with Gasteiger partial charge < -0.3 is 27.4 Å². The fourth-order valence-corrected chi connectivity index (χ4v) is 23.5. The van der Waals surface area contributed by atoms with Crippen molar-refractivity contribution in [2.24, 2.45) is 0 Å². The Labute approximate surface area is 831 Å². The predicted molar refractivity (Wildman–Crippen MR) is 604 cm³/mol. The zero-order chi connectivity index (χ0) is 96.2. The molecule has 0 aliphatic heterocycles. The summed E-state index contributed by atoms with van der Waals surface area (Å²) in [7, 11) is 0. The lowest BCUT2D eigenvalue weighted by Gasteiger charge is -2.17. The molecule has 145 heavy (non-hydrogen) atoms. The Kier molecular flexibility index (Phi) is 19.6. The monoisotopic (exact) mass is 1860 g/mol. The maximum absolute atomic E-state index is 13.9. The Morgan fingerprint density at radius 3 is 0.766 bits per heavy atom. The lowest BCUT2D eigenvalue weighted by atomic mass is 9.92. The van der Waals surface area contributed by atoms with Crippen molar-refractivity contribution in [2.75, 3.05) is 0 Å². The minimum absolute atomic E-state index is 0.566. The average molecular weight is 1860 g/mol. The molecule has 0 spiro atoms. The van der Waals surface area contributed by atoms with Crippen molar-refractivity contribution in [1.29, 1.82) is 0 Å². The second-order valence-electron chi connectivity index (χ2n) is 38.1. The molecule has 0 unspecified atom stereocenters. The van der Waals surface area contributed by atoms with Gasteiger partial charge in [0.05, 0.1) is 71.8 Å². The number of hydrogen-bond donors (Lipinski definition) is 0. The smallest absolute Gasteiger partial charge is 0.309 e. The number of nitrogens with zero attached hydrogens (tertiary/aromatic N) is 6. The number of fused-ring (bicyclic) bond motifs is 27. The third-order valence-corrected chi connectivity index (χ3v) is 29.9. The normalized spacial score (nSPS) is 12.0. The van der Waals surface area contributed by atoms with E-state index in [2.05, 4.69) is 483 Å². The Morgan fingerprint density at radius 1 is 0.145 bits per heavy atom. The van der Waals surface area contributed by atoms with Crippen molar-refractivity contribution in [3.05, 3.63) is 521 Å². The van der Waals surface area contributed by atoms with E-state index < -0.39 is 11.7 Å². The standard InChI is InChI=1S/C48H30N2.C44H29F3N2.C44H28N2/c1-2-15-37-35(13-1)36-14-3-4-16-38(36)44-29-31(25-26-39(37)44)32-27-33(49-45-21-9-5-17-40(45)41-18-6-10-22-46(41)49)30-34(28-32)50-47-23-11-7-19-42(47)43-20-8-12-24-48(43)50;1-28-18-20-42-38(22-28)36-14-5-7-16-40(36)48(42)34-24-32(31-13-9-12-30(23-31)29-10-3-2-4-11-29)25-35(27-34)49-41-17-8-6-15-37(41)39-26-33(44(45,46)47)19-21-43(39)49;1-2-14-33-29(13-1)27-40(35-16-4-3-15-34(33)35)30-25-31(45-41-21-9-5-17-36(41)37-18-6-10-22-42(37)45)28-32(26-30)46-43-23-11-7-19-38(43)39-20-8-12-24-44(39)46/h1-30H;2-27H,1H3;1-28H. The molecule has 682 valence electrons. The van der Waals surface area contributed by atoms with Crippen LogP contribution in [-0.4, -0.2) is 27.4 Å². The molecule has 6 aromatic heterocycles. The maximum atomic E-state index is 13.9. The highest BCUT2D eigenvalue weighted by Gasteiger charge is 2.32. The molecule has 24 aromatic carbocycles. The lowest BCUT2D eigenvalue weighted by molar-refractivity contribution is -0.137. The molecule has 0 N–H and O–H groups in total. The van der Waals surface area contributed by atoms with Crippen LogP contribution in [0.5, 0.6) is 0 Å². The van der Waals surface area contributed by atoms with E-state index in [0.29, 0.717) is 10.9 Å². The van der Waals surface area contributed by atoms with Crippen LogP contribution in [-0.2, 0) is 6.18 Å². The van der Waals surface area contributed by atoms with Crippen LogP contribution in [0.2, 0.25) is 0 Å². The van der Waals surface area contributed by atoms with Crippen molar-refractivity contribution in [2.45, 2.75) is 13.1 Å². The molecule has 0 fully saturated rings. The van der Waals surface area contributed by atoms with Gasteiger partial charge in [0.1, 0.15) is 0 Å². The molecule has 0 aliphatic rings. The predicted octanol–water partition coefficient (Wildman–Crippen LogP) is 37.4. The van der Waals surface area contributed by atoms with E-state index in [-0.39, 0.29) is 0 Å². The van der Waals surface area contributed by atoms with Crippen molar-refractivity contribution < 1.29 is 13.2 Å². The van der Waals surface area contributed by atoms with E-state index in [0.717, 1.165) is 83.7 Å². The second kappa shape index (κ2) is 33.7. The van der Waals surface area contributed by atoms with Crippen LogP contribution >= 0.6 is 0 Å². The topological polar surface area (TPSA) is 29.6 Å². The fraction of sp³-hybridized carbons (Fsp3) is 0.0147. The molecule has 0 bridgehead atoms. The summed E-state index contributed by atoms with van der Waals surface area (Å²) in [6, 6.07) is 181. The van der Waals surface area contributed by atoms with Crippen molar-refractivity contribution in [3.63, 3.8) is 0 Å². The van der Waals surface area contributed by atoms with Gasteiger partial charge in [-0.2, -0.15) is 13.2 Å². The van der Waals surface area contributed by atoms with E-state index >= 15 is 0 Å². The minimum atomic E-state index is -4.44. The van der Waals surface area contributed by atoms with Crippen LogP contribution < -0.4 is 0 Å². The van der Waals surface area contributed by atoms with Gasteiger partial charge in [0, 0.05) is 98.8 Å². The van der Waals surface area contributed by atoms with Gasteiger partial charge in [-0.3, -0.25) is 0 Å². The van der Waals surface area contributed by atoms with Gasteiger partial charge in [-0.1, -0.05) is 351 Å². The highest BCUT2D eigenvalue weighted by Crippen LogP contribution is 2.48. The van der Waals surface area contributed by atoms with Crippen molar-refractivity contribution in [1.82, 2.24) is 27.4 Å². The Balaban J connectivity index is 0.000000106. The van der Waals surface area contributed by atoms with E-state index in [9.17, 15) is 13.2 Å². The quantitative estimate of drug-likeness (QED) is 0.122. The molecule has 30 aromatic rings. The number of aryl methyl sites for hydroxylation is 1. The largest absolute Gasteiger partial charge is 0.416 e. The van der Waals surface area contributed by atoms with Crippen LogP contribution in [0.15, 0.2) is 510 Å². The molecule has 0 atom stereocenters. The summed E-state index contributed by atoms with van der Waals surface area (Å²) in [4.78, 5) is 0. The number of benzene rings is 24. The summed E-state index contributed by atoms with van der Waals surface area (Å²) in [6.07, 6.45) is -4.44. The summed E-state index contributed by atoms with van der Waals surface area (Å²) < 4.78 is 55.9. The Bertz CT molecular complexity index is 10100. The van der Waals surface area contributed by atoms with Crippen molar-refractivity contribution >= 4 is 185 Å². The highest BCUT2D eigenvalue weighted by atomic mass is 19.4. The number of rotatable bonds is 10. The molecule has 30 rings (SSSR count). The minimum Gasteiger partial charge on any atom is -0.309 e. The van der Waals surface area contributed by atoms with E-state index in [1.807, 2.05) is 42.5 Å². The molecule has 0 saturated carbocycles. The number of alkyl halides is 3. The summed E-state index contributed by atoms with van der Waals surface area (Å²) in [6.45, 7) is 2.11. The van der Waals surface area contributed by atoms with Gasteiger partial charge >= 0.3 is 6.18 Å². The molecule has 9 heteroatoms. The van der Waals surface area contributed by atoms with Crippen LogP contribution in [0.1, 0.15) is 11.1 Å². The number of halogens is 3. The van der Waals surface area contributed by atoms with Gasteiger partial charge in [0.25, 0.3) is 0 Å². The zero-order valence-corrected chi connectivity index (χ0v) is 78.8. The third kappa shape index (κ3) is 13.9. The van der Waals surface area contributed by atoms with Gasteiger partial charge in [-0.05, 0) is 269 Å². The van der Waals surface area contributed by atoms with Gasteiger partial charge in [0.2, 0.25) is 0 Å². The molecule has 0 saturated heterocycles. The fourth-order valence-electron chi connectivity index (χ4n) is 23.5. The zero-order valence-electron chi connectivity index (χ0n) is 78.8. The molecular weight excluding hydrogens is 1770 g/mol. The first-order valence-corrected chi connectivity index (χ1v) is 49.4. The number of para-hydroxylation sites is 10. The third-order valence-electron chi connectivity index (χ3n) is 29.9. The van der Waals surface area contributed by atoms with Crippen LogP contribution in [0.3, 0.4) is 0 Å². The first-order valence-electron chi connectivity index (χ1n) is 49.4. The molecule has 6 heterocycles. The molecule has 0 aliphatic carbocycles. The average Bonchev–Trinajstić information content (AvgIpc) is 1.69. The van der Waals surface area contributed by atoms with Crippen molar-refractivity contribution in [3.8, 4) is 78.6 Å². The first-order chi connectivity index (χ1) is 71.5. The lowest BCUT2D eigenvalue weighted by Crippen LogP contribution is -2.04. The molecule has 0 radical (unpaired) electrons. The molecular formula is C136H87F3N6. The van der Waals surface area contributed by atoms with Crippen LogP contribution in [0, 0.1) is 6.92 Å². The SMILES string of the molecule is Cc1ccc2c(c1)c1ccccc1n2-c1cc(-c2cccc(-c3ccccc3)c2)cc(-n2c3ccccc3c3cc(C(F)(F)F)ccc32)c1.c1ccc2c(c1)c1ccccc1c1cc(-c3cc(-n4c5ccccc5c5ccccc54)cc(-n4c5ccccc5c5ccccc54)c3)ccc21.c1ccc2c(c1)cc(-c1cc(-n3c4ccccc4c4ccccc43)cc(-n3c4ccccc4c4ccccc43)c1)c1ccccc12. The Morgan fingerprint density at radius 2 is 0.400 bits per heavy atom. The van der Waals surface area contributed by atoms with Gasteiger partial charge in [-0.25, -0.2) is 0 Å². The summed E-state index contributed by atoms with van der Waals surface area (Å²) in [5.41, 5.74) is 29.4. The van der Waals surface area contributed by atoms with E-state index in [1.165, 1.54) is 186 Å². The molecule has 0 amide bonds. The Hall–Kier alpha value is -18.8. The number of aromatic nitrogens is 6. The number of hydrogen-bond acceptors (Lipinski definition) is 0. The maximum Gasteiger partial charge on any atom is 0.416 e. The highest BCUT2D eigenvalue weighted by molar-refractivity contribution is 6.26. The van der Waals surface area contributed by atoms with Gasteiger partial charge in [-0.15, -0.1) is 0 Å². The van der Waals surface area contributed by atoms with E-state index in [4.69, 9.17) is 0 Å². The van der Waals surface area contributed by atoms with Gasteiger partial charge in [0.15, 0.2) is 0 Å². The summed E-state index contributed by atoms with van der Waals surface area (Å²) in [5.74, 6) is 0.